The van der Waals surface area contributed by atoms with E-state index in [1.807, 2.05) is 32.0 Å². The van der Waals surface area contributed by atoms with E-state index in [1.165, 1.54) is 11.2 Å². The maximum atomic E-state index is 12.4. The van der Waals surface area contributed by atoms with Gasteiger partial charge in [0.2, 0.25) is 0 Å². The molecule has 3 rings (SSSR count). The topological polar surface area (TPSA) is 67.0 Å². The zero-order valence-electron chi connectivity index (χ0n) is 14.7. The predicted molar refractivity (Wildman–Crippen MR) is 94.7 cm³/mol. The highest BCUT2D eigenvalue weighted by molar-refractivity contribution is 5.93. The molecule has 1 aliphatic heterocycles. The summed E-state index contributed by atoms with van der Waals surface area (Å²) in [6.07, 6.45) is 1.51. The average molecular weight is 342 g/mol. The number of nitrogens with zero attached hydrogens (tertiary/aromatic N) is 1. The van der Waals surface area contributed by atoms with E-state index in [1.54, 1.807) is 17.0 Å². The second kappa shape index (κ2) is 7.53. The normalized spacial score (nSPS) is 15.2. The maximum Gasteiger partial charge on any atom is 0.289 e. The third-order valence-electron chi connectivity index (χ3n) is 4.65. The van der Waals surface area contributed by atoms with Crippen LogP contribution >= 0.6 is 0 Å². The molecule has 0 unspecified atom stereocenters. The molecule has 1 saturated heterocycles. The molecule has 2 heterocycles. The van der Waals surface area contributed by atoms with Gasteiger partial charge in [-0.1, -0.05) is 18.2 Å². The van der Waals surface area contributed by atoms with Gasteiger partial charge < -0.3 is 19.5 Å². The zero-order chi connectivity index (χ0) is 17.8. The Morgan fingerprint density at radius 2 is 1.80 bits per heavy atom. The number of piperazine rings is 1. The third kappa shape index (κ3) is 4.09. The van der Waals surface area contributed by atoms with Gasteiger partial charge in [-0.15, -0.1) is 0 Å². The molecule has 0 atom stereocenters. The summed E-state index contributed by atoms with van der Waals surface area (Å²) in [5.41, 5.74) is 3.04. The molecule has 0 aliphatic carbocycles. The van der Waals surface area contributed by atoms with Gasteiger partial charge in [-0.25, -0.2) is 0 Å². The second-order valence-electron chi connectivity index (χ2n) is 6.51. The fourth-order valence-electron chi connectivity index (χ4n) is 3.18. The van der Waals surface area contributed by atoms with E-state index in [9.17, 15) is 9.59 Å². The largest absolute Gasteiger partial charge is 0.459 e. The lowest BCUT2D eigenvalue weighted by molar-refractivity contribution is -0.895. The number of anilines is 1. The first-order valence-corrected chi connectivity index (χ1v) is 8.57. The number of carbonyl (C=O) groups is 2. The number of para-hydroxylation sites is 1. The summed E-state index contributed by atoms with van der Waals surface area (Å²) in [5.74, 6) is 0.304. The van der Waals surface area contributed by atoms with Crippen molar-refractivity contribution in [2.45, 2.75) is 13.8 Å². The Morgan fingerprint density at radius 3 is 2.40 bits per heavy atom. The lowest BCUT2D eigenvalue weighted by atomic mass is 10.1. The van der Waals surface area contributed by atoms with Crippen molar-refractivity contribution >= 4 is 17.5 Å². The summed E-state index contributed by atoms with van der Waals surface area (Å²) in [6, 6.07) is 9.37. The summed E-state index contributed by atoms with van der Waals surface area (Å²) >= 11 is 0. The minimum atomic E-state index is -0.0796. The monoisotopic (exact) mass is 342 g/mol. The number of aryl methyl sites for hydroxylation is 2. The van der Waals surface area contributed by atoms with Crippen molar-refractivity contribution < 1.29 is 18.9 Å². The summed E-state index contributed by atoms with van der Waals surface area (Å²) in [6.45, 7) is 7.18. The summed E-state index contributed by atoms with van der Waals surface area (Å²) < 4.78 is 5.17. The molecular weight excluding hydrogens is 318 g/mol. The number of hydrogen-bond acceptors (Lipinski definition) is 3. The molecule has 132 valence electrons. The molecule has 0 spiro atoms. The molecule has 1 fully saturated rings. The summed E-state index contributed by atoms with van der Waals surface area (Å²) in [7, 11) is 0. The van der Waals surface area contributed by atoms with Gasteiger partial charge in [-0.3, -0.25) is 9.59 Å². The molecule has 0 radical (unpaired) electrons. The van der Waals surface area contributed by atoms with Crippen LogP contribution in [0.4, 0.5) is 5.69 Å². The number of nitrogens with one attached hydrogen (secondary N) is 2. The molecule has 0 bridgehead atoms. The van der Waals surface area contributed by atoms with Gasteiger partial charge in [0.1, 0.15) is 0 Å². The number of hydrogen-bond donors (Lipinski definition) is 2. The molecule has 0 saturated carbocycles. The molecule has 1 aromatic heterocycles. The highest BCUT2D eigenvalue weighted by atomic mass is 16.3. The smallest absolute Gasteiger partial charge is 0.289 e. The molecule has 2 aromatic rings. The molecule has 1 aromatic carbocycles. The quantitative estimate of drug-likeness (QED) is 0.867. The first kappa shape index (κ1) is 17.2. The highest BCUT2D eigenvalue weighted by Crippen LogP contribution is 2.18. The summed E-state index contributed by atoms with van der Waals surface area (Å²) in [5, 5.41) is 3.03. The van der Waals surface area contributed by atoms with Crippen molar-refractivity contribution in [3.05, 3.63) is 53.5 Å². The van der Waals surface area contributed by atoms with E-state index in [-0.39, 0.29) is 11.8 Å². The fraction of sp³-hybridized carbons (Fsp3) is 0.368. The highest BCUT2D eigenvalue weighted by Gasteiger charge is 2.27. The number of rotatable bonds is 4. The lowest BCUT2D eigenvalue weighted by Gasteiger charge is -2.31. The Hall–Kier alpha value is -2.60. The Bertz CT molecular complexity index is 727. The van der Waals surface area contributed by atoms with Crippen molar-refractivity contribution in [1.82, 2.24) is 4.90 Å². The number of quaternary nitrogens is 1. The van der Waals surface area contributed by atoms with Gasteiger partial charge in [0.25, 0.3) is 11.8 Å². The minimum absolute atomic E-state index is 0.0122. The number of carbonyl (C=O) groups excluding carboxylic acids is 2. The first-order chi connectivity index (χ1) is 12.0. The number of furan rings is 1. The van der Waals surface area contributed by atoms with Crippen LogP contribution in [0.5, 0.6) is 0 Å². The molecule has 2 amide bonds. The van der Waals surface area contributed by atoms with Gasteiger partial charge in [-0.2, -0.15) is 0 Å². The lowest BCUT2D eigenvalue weighted by Crippen LogP contribution is -3.15. The molecule has 6 heteroatoms. The van der Waals surface area contributed by atoms with Crippen LogP contribution in [0, 0.1) is 13.8 Å². The minimum Gasteiger partial charge on any atom is -0.459 e. The first-order valence-electron chi connectivity index (χ1n) is 8.57. The number of benzene rings is 1. The van der Waals surface area contributed by atoms with E-state index < -0.39 is 0 Å². The van der Waals surface area contributed by atoms with Gasteiger partial charge in [-0.05, 0) is 37.1 Å². The van der Waals surface area contributed by atoms with Crippen molar-refractivity contribution in [3.8, 4) is 0 Å². The van der Waals surface area contributed by atoms with Crippen LogP contribution in [0.2, 0.25) is 0 Å². The molecule has 2 N–H and O–H groups in total. The van der Waals surface area contributed by atoms with Crippen LogP contribution < -0.4 is 10.2 Å². The van der Waals surface area contributed by atoms with Crippen molar-refractivity contribution in [2.24, 2.45) is 0 Å². The Morgan fingerprint density at radius 1 is 1.12 bits per heavy atom. The molecule has 6 nitrogen and oxygen atoms in total. The Balaban J connectivity index is 1.50. The van der Waals surface area contributed by atoms with Crippen LogP contribution in [0.1, 0.15) is 21.7 Å². The predicted octanol–water partition coefficient (Wildman–Crippen LogP) is 0.876. The Labute approximate surface area is 147 Å². The van der Waals surface area contributed by atoms with Gasteiger partial charge in [0.05, 0.1) is 32.4 Å². The van der Waals surface area contributed by atoms with Gasteiger partial charge in [0.15, 0.2) is 12.3 Å². The van der Waals surface area contributed by atoms with Crippen molar-refractivity contribution in [3.63, 3.8) is 0 Å². The molecule has 25 heavy (non-hydrogen) atoms. The molecule has 1 aliphatic rings. The standard InChI is InChI=1S/C19H23N3O3/c1-14-5-3-6-15(2)18(14)20-17(23)13-21-8-10-22(11-9-21)19(24)16-7-4-12-25-16/h3-7,12H,8-11,13H2,1-2H3,(H,20,23)/p+1. The van der Waals surface area contributed by atoms with Crippen molar-refractivity contribution in [2.75, 3.05) is 38.0 Å². The van der Waals surface area contributed by atoms with Crippen LogP contribution in [0.15, 0.2) is 41.0 Å². The fourth-order valence-corrected chi connectivity index (χ4v) is 3.18. The van der Waals surface area contributed by atoms with Crippen LogP contribution in [-0.2, 0) is 4.79 Å². The van der Waals surface area contributed by atoms with E-state index in [0.29, 0.717) is 25.4 Å². The summed E-state index contributed by atoms with van der Waals surface area (Å²) in [4.78, 5) is 27.6. The van der Waals surface area contributed by atoms with E-state index in [0.717, 1.165) is 29.9 Å². The average Bonchev–Trinajstić information content (AvgIpc) is 3.13. The van der Waals surface area contributed by atoms with Crippen LogP contribution in [0.3, 0.4) is 0 Å². The zero-order valence-corrected chi connectivity index (χ0v) is 14.7. The Kier molecular flexibility index (Phi) is 5.19. The van der Waals surface area contributed by atoms with Crippen molar-refractivity contribution in [1.29, 1.82) is 0 Å². The van der Waals surface area contributed by atoms with Crippen LogP contribution in [-0.4, -0.2) is 49.4 Å². The number of amides is 2. The van der Waals surface area contributed by atoms with Gasteiger partial charge in [0, 0.05) is 5.69 Å². The SMILES string of the molecule is Cc1cccc(C)c1NC(=O)C[NH+]1CCN(C(=O)c2ccco2)CC1. The van der Waals surface area contributed by atoms with E-state index >= 15 is 0 Å². The second-order valence-corrected chi connectivity index (χ2v) is 6.51. The van der Waals surface area contributed by atoms with E-state index in [2.05, 4.69) is 5.32 Å². The maximum absolute atomic E-state index is 12.4. The van der Waals surface area contributed by atoms with E-state index in [4.69, 9.17) is 4.42 Å². The van der Waals surface area contributed by atoms with Gasteiger partial charge >= 0.3 is 0 Å². The third-order valence-corrected chi connectivity index (χ3v) is 4.65. The molecular formula is C19H24N3O3+. The van der Waals surface area contributed by atoms with Crippen LogP contribution in [0.25, 0.3) is 0 Å².